The van der Waals surface area contributed by atoms with Gasteiger partial charge in [0.05, 0.1) is 17.8 Å². The van der Waals surface area contributed by atoms with Crippen LogP contribution < -0.4 is 10.2 Å². The monoisotopic (exact) mass is 403 g/mol. The summed E-state index contributed by atoms with van der Waals surface area (Å²) in [5.41, 5.74) is 4.89. The van der Waals surface area contributed by atoms with Crippen molar-refractivity contribution in [2.45, 2.75) is 46.1 Å². The Hall–Kier alpha value is -3.15. The normalized spacial score (nSPS) is 14.0. The number of carbonyl (C=O) groups is 1. The van der Waals surface area contributed by atoms with Gasteiger partial charge in [-0.3, -0.25) is 4.79 Å². The zero-order valence-corrected chi connectivity index (χ0v) is 17.8. The minimum atomic E-state index is -0.00563. The van der Waals surface area contributed by atoms with E-state index >= 15 is 0 Å². The molecule has 3 aromatic rings. The van der Waals surface area contributed by atoms with Gasteiger partial charge in [-0.15, -0.1) is 0 Å². The van der Waals surface area contributed by atoms with Crippen molar-refractivity contribution in [3.05, 3.63) is 71.2 Å². The average Bonchev–Trinajstić information content (AvgIpc) is 3.07. The highest BCUT2D eigenvalue weighted by Gasteiger charge is 2.16. The third-order valence-corrected chi connectivity index (χ3v) is 5.76. The van der Waals surface area contributed by atoms with Crippen LogP contribution in [0.1, 0.15) is 41.8 Å². The zero-order valence-electron chi connectivity index (χ0n) is 17.8. The zero-order chi connectivity index (χ0) is 20.9. The first kappa shape index (κ1) is 20.1. The molecular formula is C24H29N5O. The van der Waals surface area contributed by atoms with Crippen molar-refractivity contribution >= 4 is 11.7 Å². The van der Waals surface area contributed by atoms with E-state index in [9.17, 15) is 4.79 Å². The third kappa shape index (κ3) is 4.53. The molecule has 2 aromatic heterocycles. The van der Waals surface area contributed by atoms with Gasteiger partial charge in [-0.1, -0.05) is 24.3 Å². The van der Waals surface area contributed by atoms with Gasteiger partial charge in [0.15, 0.2) is 0 Å². The maximum absolute atomic E-state index is 12.6. The lowest BCUT2D eigenvalue weighted by atomic mass is 10.1. The van der Waals surface area contributed by atoms with E-state index in [0.717, 1.165) is 47.1 Å². The van der Waals surface area contributed by atoms with Crippen LogP contribution >= 0.6 is 0 Å². The summed E-state index contributed by atoms with van der Waals surface area (Å²) in [5.74, 6) is 1.03. The fourth-order valence-corrected chi connectivity index (χ4v) is 4.01. The van der Waals surface area contributed by atoms with Gasteiger partial charge in [-0.2, -0.15) is 5.10 Å². The lowest BCUT2D eigenvalue weighted by Gasteiger charge is -2.27. The minimum Gasteiger partial charge on any atom is -0.357 e. The van der Waals surface area contributed by atoms with E-state index in [2.05, 4.69) is 32.4 Å². The second-order valence-electron chi connectivity index (χ2n) is 7.92. The topological polar surface area (TPSA) is 63.1 Å². The van der Waals surface area contributed by atoms with Gasteiger partial charge in [0.25, 0.3) is 0 Å². The van der Waals surface area contributed by atoms with Crippen LogP contribution in [0, 0.1) is 13.8 Å². The van der Waals surface area contributed by atoms with Crippen molar-refractivity contribution in [1.82, 2.24) is 20.1 Å². The van der Waals surface area contributed by atoms with Gasteiger partial charge < -0.3 is 10.2 Å². The van der Waals surface area contributed by atoms with Crippen LogP contribution in [0.4, 0.5) is 5.82 Å². The summed E-state index contributed by atoms with van der Waals surface area (Å²) in [5, 5.41) is 7.65. The lowest BCUT2D eigenvalue weighted by molar-refractivity contribution is -0.120. The Kier molecular flexibility index (Phi) is 6.12. The van der Waals surface area contributed by atoms with Gasteiger partial charge in [0.1, 0.15) is 5.82 Å². The first-order chi connectivity index (χ1) is 14.6. The van der Waals surface area contributed by atoms with Crippen molar-refractivity contribution in [2.75, 3.05) is 18.0 Å². The molecule has 0 spiro atoms. The number of hydrogen-bond donors (Lipinski definition) is 1. The van der Waals surface area contributed by atoms with Crippen LogP contribution in [0.25, 0.3) is 5.69 Å². The van der Waals surface area contributed by atoms with Gasteiger partial charge in [-0.05, 0) is 56.9 Å². The second-order valence-corrected chi connectivity index (χ2v) is 7.92. The van der Waals surface area contributed by atoms with Gasteiger partial charge in [0.2, 0.25) is 5.91 Å². The molecule has 0 aliphatic carbocycles. The number of benzene rings is 1. The van der Waals surface area contributed by atoms with Crippen LogP contribution in [-0.4, -0.2) is 33.8 Å². The molecule has 0 bridgehead atoms. The second kappa shape index (κ2) is 9.11. The Morgan fingerprint density at radius 3 is 2.50 bits per heavy atom. The number of nitrogens with one attached hydrogen (secondary N) is 1. The number of carbonyl (C=O) groups excluding carboxylic acids is 1. The Balaban J connectivity index is 1.35. The quantitative estimate of drug-likeness (QED) is 0.681. The number of anilines is 1. The molecule has 6 heteroatoms. The molecule has 0 saturated carbocycles. The highest BCUT2D eigenvalue weighted by molar-refractivity contribution is 5.79. The summed E-state index contributed by atoms with van der Waals surface area (Å²) < 4.78 is 1.90. The highest BCUT2D eigenvalue weighted by Crippen LogP contribution is 2.19. The molecular weight excluding hydrogens is 374 g/mol. The minimum absolute atomic E-state index is 0.00563. The molecule has 1 amide bonds. The summed E-state index contributed by atoms with van der Waals surface area (Å²) in [7, 11) is 0. The average molecular weight is 404 g/mol. The van der Waals surface area contributed by atoms with Gasteiger partial charge in [-0.25, -0.2) is 9.67 Å². The fourth-order valence-electron chi connectivity index (χ4n) is 4.01. The highest BCUT2D eigenvalue weighted by atomic mass is 16.1. The molecule has 30 heavy (non-hydrogen) atoms. The summed E-state index contributed by atoms with van der Waals surface area (Å²) in [4.78, 5) is 19.5. The molecule has 1 fully saturated rings. The smallest absolute Gasteiger partial charge is 0.224 e. The summed E-state index contributed by atoms with van der Waals surface area (Å²) >= 11 is 0. The van der Waals surface area contributed by atoms with E-state index in [1.54, 1.807) is 0 Å². The molecule has 156 valence electrons. The summed E-state index contributed by atoms with van der Waals surface area (Å²) in [6.07, 6.45) is 5.97. The van der Waals surface area contributed by atoms with E-state index in [1.165, 1.54) is 19.3 Å². The van der Waals surface area contributed by atoms with Crippen molar-refractivity contribution in [3.8, 4) is 5.69 Å². The van der Waals surface area contributed by atoms with Crippen LogP contribution in [0.15, 0.2) is 48.7 Å². The number of pyridine rings is 1. The number of rotatable bonds is 6. The van der Waals surface area contributed by atoms with E-state index in [0.29, 0.717) is 13.0 Å². The maximum Gasteiger partial charge on any atom is 0.224 e. The van der Waals surface area contributed by atoms with Crippen LogP contribution in [-0.2, 0) is 17.8 Å². The molecule has 4 rings (SSSR count). The largest absolute Gasteiger partial charge is 0.357 e. The molecule has 3 heterocycles. The van der Waals surface area contributed by atoms with Crippen LogP contribution in [0.3, 0.4) is 0 Å². The predicted octanol–water partition coefficient (Wildman–Crippen LogP) is 3.73. The first-order valence-electron chi connectivity index (χ1n) is 10.7. The first-order valence-corrected chi connectivity index (χ1v) is 10.7. The SMILES string of the molecule is Cc1nn(-c2ccccc2)c(C)c1CC(=O)NCc1ccc(N2CCCCC2)nc1. The predicted molar refractivity (Wildman–Crippen MR) is 119 cm³/mol. The Labute approximate surface area is 177 Å². The molecule has 1 saturated heterocycles. The lowest BCUT2D eigenvalue weighted by Crippen LogP contribution is -2.30. The molecule has 6 nitrogen and oxygen atoms in total. The van der Waals surface area contributed by atoms with Crippen molar-refractivity contribution in [3.63, 3.8) is 0 Å². The third-order valence-electron chi connectivity index (χ3n) is 5.76. The standard InChI is InChI=1S/C24H29N5O/c1-18-22(19(2)29(27-18)21-9-5-3-6-10-21)15-24(30)26-17-20-11-12-23(25-16-20)28-13-7-4-8-14-28/h3,5-6,9-12,16H,4,7-8,13-15,17H2,1-2H3,(H,26,30). The summed E-state index contributed by atoms with van der Waals surface area (Å²) in [6.45, 7) is 6.62. The Bertz CT molecular complexity index is 988. The van der Waals surface area contributed by atoms with Gasteiger partial charge >= 0.3 is 0 Å². The maximum atomic E-state index is 12.6. The molecule has 0 radical (unpaired) electrons. The van der Waals surface area contributed by atoms with Crippen LogP contribution in [0.5, 0.6) is 0 Å². The number of amides is 1. The number of nitrogens with zero attached hydrogens (tertiary/aromatic N) is 4. The molecule has 1 N–H and O–H groups in total. The van der Waals surface area contributed by atoms with Crippen molar-refractivity contribution in [2.24, 2.45) is 0 Å². The molecule has 1 aliphatic heterocycles. The van der Waals surface area contributed by atoms with E-state index in [-0.39, 0.29) is 5.91 Å². The van der Waals surface area contributed by atoms with E-state index in [4.69, 9.17) is 0 Å². The van der Waals surface area contributed by atoms with Crippen LogP contribution in [0.2, 0.25) is 0 Å². The summed E-state index contributed by atoms with van der Waals surface area (Å²) in [6, 6.07) is 14.1. The number of para-hydroxylation sites is 1. The van der Waals surface area contributed by atoms with Crippen molar-refractivity contribution in [1.29, 1.82) is 0 Å². The van der Waals surface area contributed by atoms with E-state index < -0.39 is 0 Å². The fraction of sp³-hybridized carbons (Fsp3) is 0.375. The molecule has 0 atom stereocenters. The number of aromatic nitrogens is 3. The van der Waals surface area contributed by atoms with Gasteiger partial charge in [0, 0.05) is 37.1 Å². The molecule has 1 aliphatic rings. The number of hydrogen-bond acceptors (Lipinski definition) is 4. The van der Waals surface area contributed by atoms with Crippen molar-refractivity contribution < 1.29 is 4.79 Å². The molecule has 1 aromatic carbocycles. The van der Waals surface area contributed by atoms with E-state index in [1.807, 2.05) is 55.1 Å². The molecule has 0 unspecified atom stereocenters. The Morgan fingerprint density at radius 1 is 1.03 bits per heavy atom. The number of aryl methyl sites for hydroxylation is 1. The number of piperidine rings is 1. The Morgan fingerprint density at radius 2 is 1.80 bits per heavy atom.